The molecule has 1 aliphatic carbocycles. The van der Waals surface area contributed by atoms with Gasteiger partial charge in [-0.25, -0.2) is 5.10 Å². The molecule has 0 bridgehead atoms. The molecule has 2 heterocycles. The molecule has 158 valence electrons. The summed E-state index contributed by atoms with van der Waals surface area (Å²) in [5.41, 5.74) is 2.98. The molecule has 2 aromatic heterocycles. The fraction of sp³-hybridized carbons (Fsp3) is 0.273. The minimum absolute atomic E-state index is 0.128. The van der Waals surface area contributed by atoms with Crippen molar-refractivity contribution in [1.82, 2.24) is 30.5 Å². The Balaban J connectivity index is 1.48. The first-order valence-electron chi connectivity index (χ1n) is 10.1. The molecule has 9 heteroatoms. The van der Waals surface area contributed by atoms with E-state index in [-0.39, 0.29) is 5.91 Å². The van der Waals surface area contributed by atoms with Crippen LogP contribution in [0.2, 0.25) is 10.0 Å². The van der Waals surface area contributed by atoms with Crippen LogP contribution in [0, 0.1) is 0 Å². The first-order chi connectivity index (χ1) is 15.0. The topological polar surface area (TPSA) is 88.5 Å². The van der Waals surface area contributed by atoms with Gasteiger partial charge in [-0.05, 0) is 47.0 Å². The molecule has 1 amide bonds. The van der Waals surface area contributed by atoms with Gasteiger partial charge in [-0.15, -0.1) is 5.10 Å². The van der Waals surface area contributed by atoms with E-state index in [0.717, 1.165) is 47.7 Å². The molecule has 7 nitrogen and oxygen atoms in total. The molecule has 31 heavy (non-hydrogen) atoms. The van der Waals surface area contributed by atoms with Crippen molar-refractivity contribution in [1.29, 1.82) is 0 Å². The quantitative estimate of drug-likeness (QED) is 0.460. The smallest absolute Gasteiger partial charge is 0.268 e. The van der Waals surface area contributed by atoms with Gasteiger partial charge in [-0.1, -0.05) is 60.3 Å². The number of nitrogens with one attached hydrogen (secondary N) is 2. The molecule has 2 N–H and O–H groups in total. The maximum absolute atomic E-state index is 13.4. The maximum Gasteiger partial charge on any atom is 0.268 e. The van der Waals surface area contributed by atoms with Crippen LogP contribution in [0.3, 0.4) is 0 Å². The molecule has 0 spiro atoms. The highest BCUT2D eigenvalue weighted by Gasteiger charge is 2.37. The second-order valence-electron chi connectivity index (χ2n) is 7.95. The summed E-state index contributed by atoms with van der Waals surface area (Å²) in [6, 6.07) is 13.5. The lowest BCUT2D eigenvalue weighted by Gasteiger charge is -2.31. The van der Waals surface area contributed by atoms with E-state index < -0.39 is 5.54 Å². The number of fused-ring (bicyclic) bond motifs is 1. The van der Waals surface area contributed by atoms with Crippen molar-refractivity contribution in [3.05, 3.63) is 63.8 Å². The molecule has 4 aromatic rings. The maximum atomic E-state index is 13.4. The van der Waals surface area contributed by atoms with Crippen molar-refractivity contribution in [3.8, 4) is 11.4 Å². The number of aromatic amines is 1. The lowest BCUT2D eigenvalue weighted by Crippen LogP contribution is -2.44. The Labute approximate surface area is 188 Å². The minimum Gasteiger partial charge on any atom is -0.341 e. The molecule has 0 unspecified atom stereocenters. The third-order valence-electron chi connectivity index (χ3n) is 6.21. The van der Waals surface area contributed by atoms with E-state index in [2.05, 4.69) is 25.9 Å². The zero-order valence-electron chi connectivity index (χ0n) is 16.8. The zero-order valence-corrected chi connectivity index (χ0v) is 18.3. The fourth-order valence-corrected chi connectivity index (χ4v) is 4.92. The lowest BCUT2D eigenvalue weighted by molar-refractivity contribution is 0.0890. The number of carbonyl (C=O) groups excluding carboxylic acids is 1. The number of benzene rings is 2. The van der Waals surface area contributed by atoms with E-state index in [1.54, 1.807) is 6.07 Å². The molecule has 1 aliphatic rings. The second kappa shape index (κ2) is 7.66. The number of nitrogens with zero attached hydrogens (tertiary/aromatic N) is 4. The van der Waals surface area contributed by atoms with Gasteiger partial charge in [0.05, 0.1) is 15.6 Å². The number of tetrazole rings is 1. The number of H-pyrrole nitrogens is 1. The number of amides is 1. The summed E-state index contributed by atoms with van der Waals surface area (Å²) in [7, 11) is 1.86. The van der Waals surface area contributed by atoms with Crippen LogP contribution in [0.1, 0.15) is 41.7 Å². The molecule has 0 atom stereocenters. The minimum atomic E-state index is -0.410. The summed E-state index contributed by atoms with van der Waals surface area (Å²) in [4.78, 5) is 13.4. The van der Waals surface area contributed by atoms with E-state index >= 15 is 0 Å². The molecule has 5 rings (SSSR count). The van der Waals surface area contributed by atoms with Gasteiger partial charge in [0.2, 0.25) is 0 Å². The SMILES string of the molecule is Cn1c(C(=O)NC2(c3ccc(-c4nnn[nH]4)cc3)CCCC2)cc2c(Cl)c(Cl)ccc21. The number of rotatable bonds is 4. The highest BCUT2D eigenvalue weighted by molar-refractivity contribution is 6.45. The summed E-state index contributed by atoms with van der Waals surface area (Å²) in [6.45, 7) is 0. The summed E-state index contributed by atoms with van der Waals surface area (Å²) < 4.78 is 1.86. The standard InChI is InChI=1S/C22H20Cl2N6O/c1-30-17-9-8-16(23)19(24)15(17)12-18(30)21(31)25-22(10-2-3-11-22)14-6-4-13(5-7-14)20-26-28-29-27-20/h4-9,12H,2-3,10-11H2,1H3,(H,25,31)(H,26,27,28,29). The van der Waals surface area contributed by atoms with E-state index in [0.29, 0.717) is 21.6 Å². The van der Waals surface area contributed by atoms with Crippen LogP contribution < -0.4 is 5.32 Å². The molecule has 0 aliphatic heterocycles. The van der Waals surface area contributed by atoms with Crippen molar-refractivity contribution in [2.24, 2.45) is 7.05 Å². The number of aromatic nitrogens is 5. The number of aryl methyl sites for hydroxylation is 1. The molecular formula is C22H20Cl2N6O. The first-order valence-corrected chi connectivity index (χ1v) is 10.8. The van der Waals surface area contributed by atoms with Crippen molar-refractivity contribution < 1.29 is 4.79 Å². The van der Waals surface area contributed by atoms with Crippen LogP contribution in [0.15, 0.2) is 42.5 Å². The van der Waals surface area contributed by atoms with Gasteiger partial charge in [-0.2, -0.15) is 0 Å². The van der Waals surface area contributed by atoms with Crippen LogP contribution in [0.25, 0.3) is 22.3 Å². The highest BCUT2D eigenvalue weighted by Crippen LogP contribution is 2.40. The van der Waals surface area contributed by atoms with E-state index in [4.69, 9.17) is 23.2 Å². The van der Waals surface area contributed by atoms with Gasteiger partial charge >= 0.3 is 0 Å². The summed E-state index contributed by atoms with van der Waals surface area (Å²) >= 11 is 12.5. The van der Waals surface area contributed by atoms with Crippen LogP contribution in [0.5, 0.6) is 0 Å². The Hall–Kier alpha value is -2.90. The van der Waals surface area contributed by atoms with Crippen molar-refractivity contribution >= 4 is 40.0 Å². The van der Waals surface area contributed by atoms with Crippen LogP contribution >= 0.6 is 23.2 Å². The molecule has 0 saturated heterocycles. The number of halogens is 2. The third-order valence-corrected chi connectivity index (χ3v) is 7.03. The van der Waals surface area contributed by atoms with Crippen molar-refractivity contribution in [2.45, 2.75) is 31.2 Å². The predicted molar refractivity (Wildman–Crippen MR) is 120 cm³/mol. The van der Waals surface area contributed by atoms with E-state index in [1.807, 2.05) is 48.0 Å². The Kier molecular flexibility index (Phi) is 4.95. The van der Waals surface area contributed by atoms with Crippen molar-refractivity contribution in [2.75, 3.05) is 0 Å². The predicted octanol–water partition coefficient (Wildman–Crippen LogP) is 4.86. The first kappa shape index (κ1) is 20.0. The third kappa shape index (κ3) is 3.38. The van der Waals surface area contributed by atoms with Gasteiger partial charge in [0, 0.05) is 23.5 Å². The van der Waals surface area contributed by atoms with Crippen LogP contribution in [-0.2, 0) is 12.6 Å². The largest absolute Gasteiger partial charge is 0.341 e. The Morgan fingerprint density at radius 3 is 2.55 bits per heavy atom. The molecule has 1 saturated carbocycles. The fourth-order valence-electron chi connectivity index (χ4n) is 4.54. The number of hydrogen-bond donors (Lipinski definition) is 2. The van der Waals surface area contributed by atoms with E-state index in [1.165, 1.54) is 0 Å². The van der Waals surface area contributed by atoms with Crippen LogP contribution in [0.4, 0.5) is 0 Å². The normalized spacial score (nSPS) is 15.5. The lowest BCUT2D eigenvalue weighted by atomic mass is 9.87. The molecular weight excluding hydrogens is 435 g/mol. The summed E-state index contributed by atoms with van der Waals surface area (Å²) in [5.74, 6) is 0.485. The Morgan fingerprint density at radius 2 is 1.87 bits per heavy atom. The van der Waals surface area contributed by atoms with Gasteiger partial charge in [0.1, 0.15) is 5.69 Å². The summed E-state index contributed by atoms with van der Waals surface area (Å²) in [5, 5.41) is 19.0. The molecule has 2 aromatic carbocycles. The molecule has 0 radical (unpaired) electrons. The van der Waals surface area contributed by atoms with Crippen molar-refractivity contribution in [3.63, 3.8) is 0 Å². The molecule has 1 fully saturated rings. The number of hydrogen-bond acceptors (Lipinski definition) is 4. The monoisotopic (exact) mass is 454 g/mol. The average Bonchev–Trinajstić information content (AvgIpc) is 3.52. The van der Waals surface area contributed by atoms with Gasteiger partial charge in [-0.3, -0.25) is 4.79 Å². The zero-order chi connectivity index (χ0) is 21.6. The van der Waals surface area contributed by atoms with E-state index in [9.17, 15) is 4.79 Å². The van der Waals surface area contributed by atoms with Crippen LogP contribution in [-0.4, -0.2) is 31.1 Å². The highest BCUT2D eigenvalue weighted by atomic mass is 35.5. The second-order valence-corrected chi connectivity index (χ2v) is 8.74. The Bertz CT molecular complexity index is 1260. The number of carbonyl (C=O) groups is 1. The Morgan fingerprint density at radius 1 is 1.13 bits per heavy atom. The van der Waals surface area contributed by atoms with Gasteiger partial charge < -0.3 is 9.88 Å². The average molecular weight is 455 g/mol. The van der Waals surface area contributed by atoms with Gasteiger partial charge in [0.25, 0.3) is 5.91 Å². The van der Waals surface area contributed by atoms with Gasteiger partial charge in [0.15, 0.2) is 5.82 Å². The summed E-state index contributed by atoms with van der Waals surface area (Å²) in [6.07, 6.45) is 3.90.